The van der Waals surface area contributed by atoms with Crippen molar-refractivity contribution in [3.63, 3.8) is 0 Å². The Bertz CT molecular complexity index is 449. The Morgan fingerprint density at radius 2 is 1.90 bits per heavy atom. The van der Waals surface area contributed by atoms with Crippen molar-refractivity contribution in [2.75, 3.05) is 13.1 Å². The van der Waals surface area contributed by atoms with Crippen LogP contribution < -0.4 is 5.32 Å². The second-order valence-corrected chi connectivity index (χ2v) is 7.15. The van der Waals surface area contributed by atoms with Crippen LogP contribution in [0.2, 0.25) is 0 Å². The molecule has 2 atom stereocenters. The van der Waals surface area contributed by atoms with Crippen molar-refractivity contribution in [2.45, 2.75) is 65.6 Å². The van der Waals surface area contributed by atoms with E-state index < -0.39 is 0 Å². The van der Waals surface area contributed by atoms with Crippen molar-refractivity contribution in [1.29, 1.82) is 0 Å². The lowest BCUT2D eigenvalue weighted by Gasteiger charge is -2.49. The van der Waals surface area contributed by atoms with Crippen LogP contribution >= 0.6 is 0 Å². The minimum absolute atomic E-state index is 0.640. The van der Waals surface area contributed by atoms with Crippen LogP contribution in [0.5, 0.6) is 0 Å². The summed E-state index contributed by atoms with van der Waals surface area (Å²) < 4.78 is 5.70. The van der Waals surface area contributed by atoms with Gasteiger partial charge in [-0.1, -0.05) is 6.42 Å². The van der Waals surface area contributed by atoms with Crippen molar-refractivity contribution in [1.82, 2.24) is 15.2 Å². The van der Waals surface area contributed by atoms with Crippen molar-refractivity contribution < 1.29 is 4.42 Å². The maximum Gasteiger partial charge on any atom is 0.208 e. The maximum absolute atomic E-state index is 5.70. The number of likely N-dealkylation sites (tertiary alicyclic amines) is 1. The summed E-state index contributed by atoms with van der Waals surface area (Å²) in [5.74, 6) is 3.37. The lowest BCUT2D eigenvalue weighted by atomic mass is 9.73. The zero-order chi connectivity index (χ0) is 15.0. The van der Waals surface area contributed by atoms with E-state index in [0.717, 1.165) is 35.7 Å². The van der Waals surface area contributed by atoms with E-state index in [1.807, 2.05) is 13.8 Å². The number of hydrogen-bond donors (Lipinski definition) is 1. The van der Waals surface area contributed by atoms with E-state index in [4.69, 9.17) is 4.42 Å². The van der Waals surface area contributed by atoms with Crippen LogP contribution in [-0.4, -0.2) is 35.1 Å². The predicted octanol–water partition coefficient (Wildman–Crippen LogP) is 2.89. The Hall–Kier alpha value is -0.870. The van der Waals surface area contributed by atoms with Crippen LogP contribution in [0.4, 0.5) is 0 Å². The van der Waals surface area contributed by atoms with Crippen LogP contribution in [0.1, 0.15) is 50.5 Å². The van der Waals surface area contributed by atoms with Crippen LogP contribution in [0.15, 0.2) is 4.42 Å². The molecule has 118 valence electrons. The van der Waals surface area contributed by atoms with Gasteiger partial charge >= 0.3 is 0 Å². The summed E-state index contributed by atoms with van der Waals surface area (Å²) in [7, 11) is 0. The minimum atomic E-state index is 0.640. The van der Waals surface area contributed by atoms with Gasteiger partial charge in [-0.2, -0.15) is 0 Å². The molecule has 4 nitrogen and oxygen atoms in total. The molecule has 1 aromatic heterocycles. The number of oxazole rings is 1. The first kappa shape index (κ1) is 15.0. The van der Waals surface area contributed by atoms with Gasteiger partial charge in [0.15, 0.2) is 0 Å². The Labute approximate surface area is 128 Å². The molecule has 1 aliphatic carbocycles. The zero-order valence-electron chi connectivity index (χ0n) is 13.9. The van der Waals surface area contributed by atoms with E-state index in [1.165, 1.54) is 32.4 Å². The molecular formula is C17H29N3O. The molecule has 0 amide bonds. The molecule has 1 aliphatic heterocycles. The second-order valence-electron chi connectivity index (χ2n) is 7.15. The summed E-state index contributed by atoms with van der Waals surface area (Å²) in [5, 5.41) is 3.76. The topological polar surface area (TPSA) is 41.3 Å². The molecule has 0 aromatic carbocycles. The van der Waals surface area contributed by atoms with Crippen molar-refractivity contribution in [2.24, 2.45) is 11.8 Å². The van der Waals surface area contributed by atoms with Gasteiger partial charge in [0.05, 0.1) is 12.2 Å². The van der Waals surface area contributed by atoms with Gasteiger partial charge < -0.3 is 14.6 Å². The summed E-state index contributed by atoms with van der Waals surface area (Å²) in [6.07, 6.45) is 4.12. The lowest BCUT2D eigenvalue weighted by Crippen LogP contribution is -2.58. The molecule has 1 saturated carbocycles. The van der Waals surface area contributed by atoms with Gasteiger partial charge in [0.1, 0.15) is 5.76 Å². The maximum atomic E-state index is 5.70. The quantitative estimate of drug-likeness (QED) is 0.926. The van der Waals surface area contributed by atoms with Crippen LogP contribution in [0, 0.1) is 25.7 Å². The highest BCUT2D eigenvalue weighted by Crippen LogP contribution is 2.35. The van der Waals surface area contributed by atoms with Crippen LogP contribution in [-0.2, 0) is 6.54 Å². The lowest BCUT2D eigenvalue weighted by molar-refractivity contribution is 0.0281. The number of nitrogens with zero attached hydrogens (tertiary/aromatic N) is 2. The number of piperidine rings is 1. The third kappa shape index (κ3) is 3.16. The van der Waals surface area contributed by atoms with Crippen LogP contribution in [0.25, 0.3) is 0 Å². The molecule has 21 heavy (non-hydrogen) atoms. The fourth-order valence-electron chi connectivity index (χ4n) is 4.05. The highest BCUT2D eigenvalue weighted by molar-refractivity contribution is 5.05. The van der Waals surface area contributed by atoms with Gasteiger partial charge in [-0.05, 0) is 52.4 Å². The van der Waals surface area contributed by atoms with Gasteiger partial charge in [-0.25, -0.2) is 4.98 Å². The van der Waals surface area contributed by atoms with Crippen molar-refractivity contribution >= 4 is 0 Å². The molecule has 0 spiro atoms. The second kappa shape index (κ2) is 6.09. The summed E-state index contributed by atoms with van der Waals surface area (Å²) in [6, 6.07) is 1.31. The molecule has 1 saturated heterocycles. The summed E-state index contributed by atoms with van der Waals surface area (Å²) >= 11 is 0. The standard InChI is InChI=1S/C17H29N3O/c1-11(2)20-9-14-6-5-7-15(10-20)17(14)18-8-16-19-12(3)13(4)21-16/h11,14-15,17-18H,5-10H2,1-4H3. The molecular weight excluding hydrogens is 262 g/mol. The normalized spacial score (nSPS) is 30.0. The SMILES string of the molecule is Cc1nc(CNC2C3CCCC2CN(C(C)C)C3)oc1C. The zero-order valence-corrected chi connectivity index (χ0v) is 13.9. The fraction of sp³-hybridized carbons (Fsp3) is 0.824. The average Bonchev–Trinajstić information content (AvgIpc) is 2.74. The summed E-state index contributed by atoms with van der Waals surface area (Å²) in [4.78, 5) is 7.15. The smallest absolute Gasteiger partial charge is 0.208 e. The summed E-state index contributed by atoms with van der Waals surface area (Å²) in [5.41, 5.74) is 1.02. The van der Waals surface area contributed by atoms with Gasteiger partial charge in [-0.3, -0.25) is 0 Å². The van der Waals surface area contributed by atoms with E-state index in [-0.39, 0.29) is 0 Å². The fourth-order valence-corrected chi connectivity index (χ4v) is 4.05. The highest BCUT2D eigenvalue weighted by Gasteiger charge is 2.39. The monoisotopic (exact) mass is 291 g/mol. The number of fused-ring (bicyclic) bond motifs is 2. The van der Waals surface area contributed by atoms with E-state index in [2.05, 4.69) is 29.0 Å². The molecule has 1 aromatic rings. The Kier molecular flexibility index (Phi) is 4.36. The summed E-state index contributed by atoms with van der Waals surface area (Å²) in [6.45, 7) is 11.9. The van der Waals surface area contributed by atoms with E-state index in [9.17, 15) is 0 Å². The molecule has 2 fully saturated rings. The molecule has 2 aliphatic rings. The third-order valence-electron chi connectivity index (χ3n) is 5.40. The van der Waals surface area contributed by atoms with E-state index in [1.54, 1.807) is 0 Å². The third-order valence-corrected chi connectivity index (χ3v) is 5.40. The number of hydrogen-bond acceptors (Lipinski definition) is 4. The van der Waals surface area contributed by atoms with Gasteiger partial charge in [0.25, 0.3) is 0 Å². The highest BCUT2D eigenvalue weighted by atomic mass is 16.4. The van der Waals surface area contributed by atoms with Gasteiger partial charge in [-0.15, -0.1) is 0 Å². The molecule has 2 bridgehead atoms. The van der Waals surface area contributed by atoms with Crippen molar-refractivity contribution in [3.8, 4) is 0 Å². The number of nitrogens with one attached hydrogen (secondary N) is 1. The Balaban J connectivity index is 1.62. The molecule has 2 heterocycles. The minimum Gasteiger partial charge on any atom is -0.444 e. The molecule has 1 N–H and O–H groups in total. The first-order valence-corrected chi connectivity index (χ1v) is 8.45. The number of aromatic nitrogens is 1. The predicted molar refractivity (Wildman–Crippen MR) is 84.1 cm³/mol. The number of aryl methyl sites for hydroxylation is 2. The largest absolute Gasteiger partial charge is 0.444 e. The molecule has 4 heteroatoms. The van der Waals surface area contributed by atoms with Crippen LogP contribution in [0.3, 0.4) is 0 Å². The van der Waals surface area contributed by atoms with Gasteiger partial charge in [0.2, 0.25) is 5.89 Å². The first-order chi connectivity index (χ1) is 10.0. The first-order valence-electron chi connectivity index (χ1n) is 8.45. The Morgan fingerprint density at radius 1 is 1.24 bits per heavy atom. The Morgan fingerprint density at radius 3 is 2.43 bits per heavy atom. The molecule has 2 unspecified atom stereocenters. The van der Waals surface area contributed by atoms with Crippen molar-refractivity contribution in [3.05, 3.63) is 17.3 Å². The molecule has 0 radical (unpaired) electrons. The van der Waals surface area contributed by atoms with E-state index in [0.29, 0.717) is 12.1 Å². The average molecular weight is 291 g/mol. The number of rotatable bonds is 4. The molecule has 3 rings (SSSR count). The van der Waals surface area contributed by atoms with E-state index >= 15 is 0 Å². The van der Waals surface area contributed by atoms with Gasteiger partial charge in [0, 0.05) is 25.2 Å².